The summed E-state index contributed by atoms with van der Waals surface area (Å²) in [4.78, 5) is 21.0. The summed E-state index contributed by atoms with van der Waals surface area (Å²) in [6.45, 7) is 7.64. The summed E-state index contributed by atoms with van der Waals surface area (Å²) in [7, 11) is -3.60. The van der Waals surface area contributed by atoms with Gasteiger partial charge < -0.3 is 10.3 Å². The van der Waals surface area contributed by atoms with Crippen LogP contribution < -0.4 is 10.0 Å². The predicted octanol–water partition coefficient (Wildman–Crippen LogP) is 3.77. The number of para-hydroxylation sites is 2. The van der Waals surface area contributed by atoms with E-state index in [1.807, 2.05) is 24.3 Å². The minimum atomic E-state index is -3.60. The molecule has 0 aliphatic carbocycles. The van der Waals surface area contributed by atoms with Gasteiger partial charge in [-0.15, -0.1) is 0 Å². The van der Waals surface area contributed by atoms with Gasteiger partial charge >= 0.3 is 0 Å². The van der Waals surface area contributed by atoms with E-state index in [-0.39, 0.29) is 28.8 Å². The molecule has 0 saturated carbocycles. The summed E-state index contributed by atoms with van der Waals surface area (Å²) in [5.74, 6) is 0.588. The Kier molecular flexibility index (Phi) is 6.58. The van der Waals surface area contributed by atoms with E-state index < -0.39 is 10.0 Å². The van der Waals surface area contributed by atoms with Gasteiger partial charge in [0, 0.05) is 11.6 Å². The van der Waals surface area contributed by atoms with E-state index >= 15 is 0 Å². The third-order valence-corrected chi connectivity index (χ3v) is 6.69. The minimum absolute atomic E-state index is 0.128. The van der Waals surface area contributed by atoms with Crippen molar-refractivity contribution in [2.24, 2.45) is 5.92 Å². The number of H-pyrrole nitrogens is 1. The van der Waals surface area contributed by atoms with E-state index in [9.17, 15) is 13.2 Å². The zero-order valence-corrected chi connectivity index (χ0v) is 18.5. The first-order valence-electron chi connectivity index (χ1n) is 10.1. The van der Waals surface area contributed by atoms with Crippen LogP contribution in [-0.2, 0) is 10.0 Å². The Morgan fingerprint density at radius 1 is 1.07 bits per heavy atom. The third-order valence-electron chi connectivity index (χ3n) is 5.02. The van der Waals surface area contributed by atoms with Gasteiger partial charge in [-0.1, -0.05) is 32.4 Å². The Morgan fingerprint density at radius 3 is 2.33 bits per heavy atom. The van der Waals surface area contributed by atoms with E-state index in [1.165, 1.54) is 24.3 Å². The molecule has 1 heterocycles. The number of rotatable bonds is 8. The fraction of sp³-hybridized carbons (Fsp3) is 0.364. The Labute approximate surface area is 177 Å². The number of carbonyl (C=O) groups is 1. The molecule has 2 unspecified atom stereocenters. The van der Waals surface area contributed by atoms with E-state index in [1.54, 1.807) is 13.8 Å². The zero-order chi connectivity index (χ0) is 21.9. The zero-order valence-electron chi connectivity index (χ0n) is 17.6. The lowest BCUT2D eigenvalue weighted by Crippen LogP contribution is -2.33. The van der Waals surface area contributed by atoms with Gasteiger partial charge in [0.05, 0.1) is 22.0 Å². The first-order valence-corrected chi connectivity index (χ1v) is 11.6. The highest BCUT2D eigenvalue weighted by Crippen LogP contribution is 2.25. The molecule has 3 N–H and O–H groups in total. The second-order valence-corrected chi connectivity index (χ2v) is 9.49. The van der Waals surface area contributed by atoms with Crippen LogP contribution in [-0.4, -0.2) is 30.3 Å². The molecule has 2 atom stereocenters. The van der Waals surface area contributed by atoms with Gasteiger partial charge in [-0.25, -0.2) is 18.1 Å². The van der Waals surface area contributed by atoms with Gasteiger partial charge in [0.15, 0.2) is 0 Å². The van der Waals surface area contributed by atoms with Crippen LogP contribution in [0.3, 0.4) is 0 Å². The number of carbonyl (C=O) groups excluding carboxylic acids is 1. The predicted molar refractivity (Wildman–Crippen MR) is 118 cm³/mol. The number of hydrogen-bond acceptors (Lipinski definition) is 4. The van der Waals surface area contributed by atoms with Gasteiger partial charge in [0.2, 0.25) is 10.0 Å². The fourth-order valence-electron chi connectivity index (χ4n) is 3.22. The normalized spacial score (nSPS) is 14.0. The molecule has 2 aromatic carbocycles. The maximum Gasteiger partial charge on any atom is 0.251 e. The largest absolute Gasteiger partial charge is 0.342 e. The molecule has 0 fully saturated rings. The van der Waals surface area contributed by atoms with Gasteiger partial charge in [0.25, 0.3) is 5.91 Å². The summed E-state index contributed by atoms with van der Waals surface area (Å²) in [5, 5.41) is 3.05. The highest BCUT2D eigenvalue weighted by Gasteiger charge is 2.24. The van der Waals surface area contributed by atoms with Crippen LogP contribution in [0.1, 0.15) is 56.3 Å². The molecule has 1 amide bonds. The number of aromatic amines is 1. The molecule has 3 aromatic rings. The second-order valence-electron chi connectivity index (χ2n) is 7.78. The quantitative estimate of drug-likeness (QED) is 0.508. The summed E-state index contributed by atoms with van der Waals surface area (Å²) in [5.41, 5.74) is 2.16. The molecule has 30 heavy (non-hydrogen) atoms. The average molecular weight is 429 g/mol. The number of hydrogen-bond donors (Lipinski definition) is 3. The summed E-state index contributed by atoms with van der Waals surface area (Å²) >= 11 is 0. The molecule has 160 valence electrons. The number of nitrogens with one attached hydrogen (secondary N) is 3. The highest BCUT2D eigenvalue weighted by atomic mass is 32.2. The maximum absolute atomic E-state index is 12.9. The van der Waals surface area contributed by atoms with Gasteiger partial charge in [-0.3, -0.25) is 4.79 Å². The number of fused-ring (bicyclic) bond motifs is 1. The van der Waals surface area contributed by atoms with Crippen LogP contribution in [0.4, 0.5) is 0 Å². The Morgan fingerprint density at radius 2 is 1.73 bits per heavy atom. The number of sulfonamides is 1. The van der Waals surface area contributed by atoms with Crippen molar-refractivity contribution in [3.05, 3.63) is 59.9 Å². The van der Waals surface area contributed by atoms with Crippen LogP contribution >= 0.6 is 0 Å². The number of benzene rings is 2. The lowest BCUT2D eigenvalue weighted by molar-refractivity contribution is 0.0920. The molecule has 1 aromatic heterocycles. The number of nitrogens with zero attached hydrogens (tertiary/aromatic N) is 1. The van der Waals surface area contributed by atoms with Gasteiger partial charge in [-0.2, -0.15) is 0 Å². The summed E-state index contributed by atoms with van der Waals surface area (Å²) in [6, 6.07) is 13.2. The molecule has 7 nitrogen and oxygen atoms in total. The van der Waals surface area contributed by atoms with E-state index in [4.69, 9.17) is 0 Å². The molecule has 3 rings (SSSR count). The van der Waals surface area contributed by atoms with Crippen molar-refractivity contribution in [2.75, 3.05) is 0 Å². The fourth-order valence-corrected chi connectivity index (χ4v) is 4.48. The molecule has 0 bridgehead atoms. The first kappa shape index (κ1) is 22.0. The number of aromatic nitrogens is 2. The molecule has 8 heteroatoms. The molecular formula is C22H28N4O3S. The standard InChI is InChI=1S/C22H28N4O3S/c1-5-15(4)20(21-23-18-8-6-7-9-19(18)24-21)25-22(27)16-10-12-17(13-11-16)30(28,29)26-14(2)3/h6-15,20,26H,5H2,1-4H3,(H,23,24)(H,25,27). The van der Waals surface area contributed by atoms with Crippen molar-refractivity contribution in [1.29, 1.82) is 0 Å². The average Bonchev–Trinajstić information content (AvgIpc) is 3.14. The maximum atomic E-state index is 12.9. The van der Waals surface area contributed by atoms with Crippen LogP contribution in [0, 0.1) is 5.92 Å². The van der Waals surface area contributed by atoms with E-state index in [0.717, 1.165) is 17.5 Å². The number of amides is 1. The molecule has 0 aliphatic heterocycles. The third kappa shape index (κ3) is 4.88. The molecular weight excluding hydrogens is 400 g/mol. The van der Waals surface area contributed by atoms with Crippen molar-refractivity contribution in [2.45, 2.75) is 51.1 Å². The van der Waals surface area contributed by atoms with E-state index in [2.05, 4.69) is 33.9 Å². The van der Waals surface area contributed by atoms with Crippen LogP contribution in [0.25, 0.3) is 11.0 Å². The van der Waals surface area contributed by atoms with Crippen molar-refractivity contribution in [3.8, 4) is 0 Å². The van der Waals surface area contributed by atoms with Crippen molar-refractivity contribution in [1.82, 2.24) is 20.0 Å². The monoisotopic (exact) mass is 428 g/mol. The van der Waals surface area contributed by atoms with Gasteiger partial charge in [-0.05, 0) is 56.2 Å². The Balaban J connectivity index is 1.82. The lowest BCUT2D eigenvalue weighted by atomic mass is 9.98. The molecule has 0 aliphatic rings. The molecule has 0 spiro atoms. The topological polar surface area (TPSA) is 104 Å². The van der Waals surface area contributed by atoms with Crippen molar-refractivity contribution in [3.63, 3.8) is 0 Å². The van der Waals surface area contributed by atoms with Gasteiger partial charge in [0.1, 0.15) is 5.82 Å². The van der Waals surface area contributed by atoms with Crippen LogP contribution in [0.15, 0.2) is 53.4 Å². The summed E-state index contributed by atoms with van der Waals surface area (Å²) in [6.07, 6.45) is 0.861. The Hall–Kier alpha value is -2.71. The molecule has 0 radical (unpaired) electrons. The van der Waals surface area contributed by atoms with Crippen molar-refractivity contribution < 1.29 is 13.2 Å². The first-order chi connectivity index (χ1) is 14.2. The highest BCUT2D eigenvalue weighted by molar-refractivity contribution is 7.89. The van der Waals surface area contributed by atoms with Crippen LogP contribution in [0.2, 0.25) is 0 Å². The van der Waals surface area contributed by atoms with Crippen molar-refractivity contribution >= 4 is 27.0 Å². The number of imidazole rings is 1. The smallest absolute Gasteiger partial charge is 0.251 e. The SMILES string of the molecule is CCC(C)C(NC(=O)c1ccc(S(=O)(=O)NC(C)C)cc1)c1nc2ccccc2[nH]1. The lowest BCUT2D eigenvalue weighted by Gasteiger charge is -2.22. The Bertz CT molecular complexity index is 1090. The summed E-state index contributed by atoms with van der Waals surface area (Å²) < 4.78 is 27.1. The van der Waals surface area contributed by atoms with Crippen LogP contribution in [0.5, 0.6) is 0 Å². The minimum Gasteiger partial charge on any atom is -0.342 e. The van der Waals surface area contributed by atoms with E-state index in [0.29, 0.717) is 11.4 Å². The molecule has 0 saturated heterocycles. The second kappa shape index (κ2) is 8.97.